The first kappa shape index (κ1) is 18.0. The Balaban J connectivity index is 2.39. The van der Waals surface area contributed by atoms with Gasteiger partial charge in [0.1, 0.15) is 5.56 Å². The Labute approximate surface area is 141 Å². The highest BCUT2D eigenvalue weighted by Gasteiger charge is 2.28. The molecule has 0 bridgehead atoms. The number of ether oxygens (including phenoxy) is 2. The molecule has 132 valence electrons. The highest BCUT2D eigenvalue weighted by atomic mass is 16.6. The van der Waals surface area contributed by atoms with E-state index in [1.54, 1.807) is 11.8 Å². The van der Waals surface area contributed by atoms with Crippen LogP contribution in [-0.4, -0.2) is 67.6 Å². The predicted molar refractivity (Wildman–Crippen MR) is 88.8 cm³/mol. The molecule has 0 N–H and O–H groups in total. The molecule has 0 aliphatic carbocycles. The van der Waals surface area contributed by atoms with E-state index in [9.17, 15) is 14.9 Å². The molecule has 0 saturated carbocycles. The van der Waals surface area contributed by atoms with Crippen molar-refractivity contribution in [2.24, 2.45) is 0 Å². The molecule has 1 aromatic rings. The van der Waals surface area contributed by atoms with E-state index in [1.165, 1.54) is 19.2 Å². The SMILES string of the molecule is CCOc1cc([N+](=O)[O-])c(C(=O)N2CCCN(C)CC2)cc1OC. The molecule has 0 spiro atoms. The van der Waals surface area contributed by atoms with Crippen molar-refractivity contribution in [3.63, 3.8) is 0 Å². The molecule has 8 nitrogen and oxygen atoms in total. The van der Waals surface area contributed by atoms with Crippen molar-refractivity contribution in [2.75, 3.05) is 46.9 Å². The highest BCUT2D eigenvalue weighted by molar-refractivity contribution is 5.99. The maximum atomic E-state index is 12.8. The van der Waals surface area contributed by atoms with Crippen LogP contribution < -0.4 is 9.47 Å². The Morgan fingerprint density at radius 1 is 1.25 bits per heavy atom. The van der Waals surface area contributed by atoms with E-state index in [0.29, 0.717) is 25.4 Å². The van der Waals surface area contributed by atoms with E-state index in [1.807, 2.05) is 7.05 Å². The van der Waals surface area contributed by atoms with Gasteiger partial charge in [0.15, 0.2) is 11.5 Å². The third-order valence-electron chi connectivity index (χ3n) is 4.02. The Morgan fingerprint density at radius 2 is 2.00 bits per heavy atom. The number of likely N-dealkylation sites (N-methyl/N-ethyl adjacent to an activating group) is 1. The third kappa shape index (κ3) is 3.94. The number of rotatable bonds is 5. The fraction of sp³-hybridized carbons (Fsp3) is 0.562. The summed E-state index contributed by atoms with van der Waals surface area (Å²) in [6, 6.07) is 2.67. The predicted octanol–water partition coefficient (Wildman–Crippen LogP) is 1.78. The summed E-state index contributed by atoms with van der Waals surface area (Å²) in [5.41, 5.74) is -0.230. The van der Waals surface area contributed by atoms with Gasteiger partial charge in [-0.2, -0.15) is 0 Å². The average Bonchev–Trinajstić information content (AvgIpc) is 2.78. The summed E-state index contributed by atoms with van der Waals surface area (Å²) in [6.45, 7) is 4.89. The molecule has 0 aromatic heterocycles. The zero-order chi connectivity index (χ0) is 17.7. The summed E-state index contributed by atoms with van der Waals surface area (Å²) < 4.78 is 10.6. The van der Waals surface area contributed by atoms with Gasteiger partial charge in [-0.15, -0.1) is 0 Å². The number of nitro benzene ring substituents is 1. The quantitative estimate of drug-likeness (QED) is 0.601. The number of hydrogen-bond acceptors (Lipinski definition) is 6. The van der Waals surface area contributed by atoms with Crippen molar-refractivity contribution in [1.82, 2.24) is 9.80 Å². The summed E-state index contributed by atoms with van der Waals surface area (Å²) in [7, 11) is 3.44. The van der Waals surface area contributed by atoms with Crippen molar-refractivity contribution in [3.8, 4) is 11.5 Å². The summed E-state index contributed by atoms with van der Waals surface area (Å²) in [5.74, 6) is 0.231. The smallest absolute Gasteiger partial charge is 0.286 e. The van der Waals surface area contributed by atoms with Crippen LogP contribution >= 0.6 is 0 Å². The second-order valence-corrected chi connectivity index (χ2v) is 5.66. The molecule has 8 heteroatoms. The molecule has 0 unspecified atom stereocenters. The van der Waals surface area contributed by atoms with Gasteiger partial charge >= 0.3 is 0 Å². The normalized spacial score (nSPS) is 15.7. The molecule has 24 heavy (non-hydrogen) atoms. The molecule has 1 amide bonds. The lowest BCUT2D eigenvalue weighted by molar-refractivity contribution is -0.385. The van der Waals surface area contributed by atoms with E-state index < -0.39 is 4.92 Å². The summed E-state index contributed by atoms with van der Waals surface area (Å²) >= 11 is 0. The van der Waals surface area contributed by atoms with Gasteiger partial charge in [0.25, 0.3) is 11.6 Å². The van der Waals surface area contributed by atoms with Crippen molar-refractivity contribution in [2.45, 2.75) is 13.3 Å². The van der Waals surface area contributed by atoms with Crippen LogP contribution in [0.2, 0.25) is 0 Å². The van der Waals surface area contributed by atoms with Gasteiger partial charge in [-0.05, 0) is 26.9 Å². The minimum absolute atomic E-state index is 0.0323. The van der Waals surface area contributed by atoms with Crippen molar-refractivity contribution >= 4 is 11.6 Å². The molecule has 2 rings (SSSR count). The van der Waals surface area contributed by atoms with Crippen LogP contribution in [0.4, 0.5) is 5.69 Å². The second-order valence-electron chi connectivity index (χ2n) is 5.66. The van der Waals surface area contributed by atoms with Crippen LogP contribution in [0.5, 0.6) is 11.5 Å². The number of hydrogen-bond donors (Lipinski definition) is 0. The highest BCUT2D eigenvalue weighted by Crippen LogP contribution is 2.35. The van der Waals surface area contributed by atoms with E-state index in [4.69, 9.17) is 9.47 Å². The topological polar surface area (TPSA) is 85.1 Å². The molecule has 1 aliphatic heterocycles. The summed E-state index contributed by atoms with van der Waals surface area (Å²) in [6.07, 6.45) is 0.838. The number of nitrogens with zero attached hydrogens (tertiary/aromatic N) is 3. The third-order valence-corrected chi connectivity index (χ3v) is 4.02. The Morgan fingerprint density at radius 3 is 2.62 bits per heavy atom. The Hall–Kier alpha value is -2.35. The molecular formula is C16H23N3O5. The van der Waals surface area contributed by atoms with E-state index in [0.717, 1.165) is 19.5 Å². The monoisotopic (exact) mass is 337 g/mol. The zero-order valence-electron chi connectivity index (χ0n) is 14.3. The van der Waals surface area contributed by atoms with Crippen LogP contribution in [0.1, 0.15) is 23.7 Å². The number of methoxy groups -OCH3 is 1. The van der Waals surface area contributed by atoms with Gasteiger partial charge in [-0.3, -0.25) is 14.9 Å². The van der Waals surface area contributed by atoms with Gasteiger partial charge in [-0.1, -0.05) is 0 Å². The van der Waals surface area contributed by atoms with Gasteiger partial charge in [0, 0.05) is 25.7 Å². The van der Waals surface area contributed by atoms with E-state index >= 15 is 0 Å². The Bertz CT molecular complexity index is 620. The van der Waals surface area contributed by atoms with Crippen LogP contribution in [0.15, 0.2) is 12.1 Å². The maximum absolute atomic E-state index is 12.8. The molecule has 1 saturated heterocycles. The first-order valence-corrected chi connectivity index (χ1v) is 7.95. The number of amides is 1. The zero-order valence-corrected chi connectivity index (χ0v) is 14.3. The molecule has 1 aliphatic rings. The van der Waals surface area contributed by atoms with Crippen molar-refractivity contribution < 1.29 is 19.2 Å². The second kappa shape index (κ2) is 7.96. The van der Waals surface area contributed by atoms with E-state index in [2.05, 4.69) is 4.90 Å². The van der Waals surface area contributed by atoms with Crippen LogP contribution in [0.3, 0.4) is 0 Å². The Kier molecular flexibility index (Phi) is 5.97. The van der Waals surface area contributed by atoms with E-state index in [-0.39, 0.29) is 22.9 Å². The van der Waals surface area contributed by atoms with Gasteiger partial charge in [-0.25, -0.2) is 0 Å². The lowest BCUT2D eigenvalue weighted by atomic mass is 10.1. The van der Waals surface area contributed by atoms with Crippen LogP contribution in [0, 0.1) is 10.1 Å². The first-order chi connectivity index (χ1) is 11.5. The minimum atomic E-state index is -0.556. The number of carbonyl (C=O) groups is 1. The van der Waals surface area contributed by atoms with Gasteiger partial charge in [0.2, 0.25) is 0 Å². The van der Waals surface area contributed by atoms with Gasteiger partial charge in [0.05, 0.1) is 24.7 Å². The molecule has 0 atom stereocenters. The number of benzene rings is 1. The lowest BCUT2D eigenvalue weighted by Crippen LogP contribution is -2.34. The fourth-order valence-electron chi connectivity index (χ4n) is 2.72. The first-order valence-electron chi connectivity index (χ1n) is 7.95. The van der Waals surface area contributed by atoms with Crippen molar-refractivity contribution in [1.29, 1.82) is 0 Å². The molecule has 1 aromatic carbocycles. The van der Waals surface area contributed by atoms with Crippen molar-refractivity contribution in [3.05, 3.63) is 27.8 Å². The summed E-state index contributed by atoms with van der Waals surface area (Å²) in [5, 5.41) is 11.4. The average molecular weight is 337 g/mol. The standard InChI is InChI=1S/C16H23N3O5/c1-4-24-15-11-13(19(21)22)12(10-14(15)23-3)16(20)18-7-5-6-17(2)8-9-18/h10-11H,4-9H2,1-3H3. The largest absolute Gasteiger partial charge is 0.493 e. The van der Waals surface area contributed by atoms with Crippen LogP contribution in [-0.2, 0) is 0 Å². The molecule has 0 radical (unpaired) electrons. The molecule has 1 heterocycles. The lowest BCUT2D eigenvalue weighted by Gasteiger charge is -2.21. The molecular weight excluding hydrogens is 314 g/mol. The minimum Gasteiger partial charge on any atom is -0.493 e. The van der Waals surface area contributed by atoms with Gasteiger partial charge < -0.3 is 19.3 Å². The maximum Gasteiger partial charge on any atom is 0.286 e. The fourth-order valence-corrected chi connectivity index (χ4v) is 2.72. The number of carbonyl (C=O) groups excluding carboxylic acids is 1. The number of nitro groups is 1. The van der Waals surface area contributed by atoms with Crippen LogP contribution in [0.25, 0.3) is 0 Å². The summed E-state index contributed by atoms with van der Waals surface area (Å²) in [4.78, 5) is 27.5. The molecule has 1 fully saturated rings.